The maximum atomic E-state index is 12.3. The molecule has 2 rings (SSSR count). The molecule has 0 radical (unpaired) electrons. The number of pyridine rings is 1. The van der Waals surface area contributed by atoms with Gasteiger partial charge in [-0.1, -0.05) is 0 Å². The van der Waals surface area contributed by atoms with E-state index in [1.54, 1.807) is 12.4 Å². The molecule has 6 nitrogen and oxygen atoms in total. The van der Waals surface area contributed by atoms with E-state index in [2.05, 4.69) is 51.4 Å². The lowest BCUT2D eigenvalue weighted by atomic mass is 10.2. The lowest BCUT2D eigenvalue weighted by Gasteiger charge is -2.21. The summed E-state index contributed by atoms with van der Waals surface area (Å²) in [5.74, 6) is -0.0956. The van der Waals surface area contributed by atoms with E-state index in [4.69, 9.17) is 0 Å². The minimum atomic E-state index is -0.0956. The molecule has 1 heterocycles. The fourth-order valence-corrected chi connectivity index (χ4v) is 2.84. The molecule has 0 saturated heterocycles. The predicted octanol–water partition coefficient (Wildman–Crippen LogP) is 3.35. The van der Waals surface area contributed by atoms with Crippen LogP contribution >= 0.6 is 0 Å². The highest BCUT2D eigenvalue weighted by Gasteiger charge is 2.07. The summed E-state index contributed by atoms with van der Waals surface area (Å²) in [6.07, 6.45) is 4.24. The number of rotatable bonds is 10. The molecule has 0 saturated carbocycles. The van der Waals surface area contributed by atoms with Crippen LogP contribution in [-0.2, 0) is 0 Å². The molecule has 2 aromatic rings. The van der Waals surface area contributed by atoms with Gasteiger partial charge in [-0.25, -0.2) is 0 Å². The molecule has 0 unspecified atom stereocenters. The molecule has 1 aromatic heterocycles. The number of anilines is 3. The van der Waals surface area contributed by atoms with Crippen LogP contribution in [0.2, 0.25) is 0 Å². The third-order valence-corrected chi connectivity index (χ3v) is 4.35. The van der Waals surface area contributed by atoms with Gasteiger partial charge in [-0.15, -0.1) is 0 Å². The van der Waals surface area contributed by atoms with Gasteiger partial charge in [0.2, 0.25) is 0 Å². The molecule has 0 aliphatic rings. The second-order valence-electron chi connectivity index (χ2n) is 6.72. The number of benzene rings is 1. The minimum Gasteiger partial charge on any atom is -0.372 e. The van der Waals surface area contributed by atoms with Crippen molar-refractivity contribution in [3.8, 4) is 0 Å². The summed E-state index contributed by atoms with van der Waals surface area (Å²) < 4.78 is 0. The number of carbonyl (C=O) groups is 1. The van der Waals surface area contributed by atoms with E-state index in [0.717, 1.165) is 37.4 Å². The molecular formula is C21H31N5O. The van der Waals surface area contributed by atoms with Crippen LogP contribution < -0.4 is 15.5 Å². The van der Waals surface area contributed by atoms with Gasteiger partial charge in [-0.2, -0.15) is 0 Å². The Bertz CT molecular complexity index is 711. The van der Waals surface area contributed by atoms with Crippen LogP contribution in [0, 0.1) is 0 Å². The van der Waals surface area contributed by atoms with Crippen LogP contribution in [-0.4, -0.2) is 56.1 Å². The second-order valence-corrected chi connectivity index (χ2v) is 6.72. The van der Waals surface area contributed by atoms with E-state index in [1.807, 2.05) is 32.3 Å². The molecule has 0 fully saturated rings. The Balaban J connectivity index is 1.95. The number of hydrogen-bond acceptors (Lipinski definition) is 5. The number of aromatic nitrogens is 1. The van der Waals surface area contributed by atoms with Gasteiger partial charge >= 0.3 is 0 Å². The molecule has 1 aromatic carbocycles. The highest BCUT2D eigenvalue weighted by molar-refractivity contribution is 5.94. The Labute approximate surface area is 162 Å². The molecule has 0 spiro atoms. The Morgan fingerprint density at radius 1 is 1.04 bits per heavy atom. The van der Waals surface area contributed by atoms with Crippen LogP contribution in [0.1, 0.15) is 30.6 Å². The zero-order valence-corrected chi connectivity index (χ0v) is 16.8. The van der Waals surface area contributed by atoms with E-state index >= 15 is 0 Å². The first-order chi connectivity index (χ1) is 13.0. The molecule has 146 valence electrons. The van der Waals surface area contributed by atoms with Crippen LogP contribution in [0.3, 0.4) is 0 Å². The number of nitrogens with zero attached hydrogens (tertiary/aromatic N) is 3. The van der Waals surface area contributed by atoms with Gasteiger partial charge in [-0.3, -0.25) is 9.78 Å². The highest BCUT2D eigenvalue weighted by Crippen LogP contribution is 2.21. The van der Waals surface area contributed by atoms with E-state index in [9.17, 15) is 4.79 Å². The molecule has 2 N–H and O–H groups in total. The molecular weight excluding hydrogens is 338 g/mol. The molecule has 1 amide bonds. The summed E-state index contributed by atoms with van der Waals surface area (Å²) in [5, 5.41) is 6.26. The monoisotopic (exact) mass is 369 g/mol. The highest BCUT2D eigenvalue weighted by atomic mass is 16.1. The van der Waals surface area contributed by atoms with Crippen LogP contribution in [0.15, 0.2) is 42.7 Å². The van der Waals surface area contributed by atoms with Crippen molar-refractivity contribution < 1.29 is 4.79 Å². The lowest BCUT2D eigenvalue weighted by molar-refractivity contribution is 0.0952. The number of hydrogen-bond donors (Lipinski definition) is 2. The van der Waals surface area contributed by atoms with Gasteiger partial charge in [0.05, 0.1) is 17.4 Å². The summed E-state index contributed by atoms with van der Waals surface area (Å²) in [6.45, 7) is 7.87. The van der Waals surface area contributed by atoms with E-state index in [0.29, 0.717) is 12.1 Å². The number of amides is 1. The maximum absolute atomic E-state index is 12.3. The third-order valence-electron chi connectivity index (χ3n) is 4.35. The summed E-state index contributed by atoms with van der Waals surface area (Å²) in [5.41, 5.74) is 3.53. The average molecular weight is 370 g/mol. The lowest BCUT2D eigenvalue weighted by Crippen LogP contribution is -2.27. The molecule has 0 bridgehead atoms. The Hall–Kier alpha value is -2.60. The van der Waals surface area contributed by atoms with Crippen molar-refractivity contribution in [3.63, 3.8) is 0 Å². The second kappa shape index (κ2) is 10.5. The normalized spacial score (nSPS) is 10.7. The average Bonchev–Trinajstić information content (AvgIpc) is 2.67. The summed E-state index contributed by atoms with van der Waals surface area (Å²) in [6, 6.07) is 10.1. The van der Waals surface area contributed by atoms with Crippen molar-refractivity contribution >= 4 is 23.0 Å². The zero-order valence-electron chi connectivity index (χ0n) is 16.8. The molecule has 0 aliphatic heterocycles. The quantitative estimate of drug-likeness (QED) is 0.629. The van der Waals surface area contributed by atoms with Crippen LogP contribution in [0.25, 0.3) is 0 Å². The molecule has 6 heteroatoms. The van der Waals surface area contributed by atoms with Crippen molar-refractivity contribution in [2.75, 3.05) is 50.5 Å². The van der Waals surface area contributed by atoms with Gasteiger partial charge < -0.3 is 20.4 Å². The predicted molar refractivity (Wildman–Crippen MR) is 113 cm³/mol. The fourth-order valence-electron chi connectivity index (χ4n) is 2.84. The third kappa shape index (κ3) is 6.57. The van der Waals surface area contributed by atoms with Crippen LogP contribution in [0.4, 0.5) is 17.1 Å². The van der Waals surface area contributed by atoms with Crippen molar-refractivity contribution in [2.45, 2.75) is 20.3 Å². The van der Waals surface area contributed by atoms with Gasteiger partial charge in [0.25, 0.3) is 5.91 Å². The first-order valence-corrected chi connectivity index (χ1v) is 9.53. The summed E-state index contributed by atoms with van der Waals surface area (Å²) in [4.78, 5) is 20.9. The summed E-state index contributed by atoms with van der Waals surface area (Å²) >= 11 is 0. The number of nitrogens with one attached hydrogen (secondary N) is 2. The first kappa shape index (κ1) is 20.7. The largest absolute Gasteiger partial charge is 0.372 e. The van der Waals surface area contributed by atoms with E-state index < -0.39 is 0 Å². The Morgan fingerprint density at radius 3 is 2.37 bits per heavy atom. The van der Waals surface area contributed by atoms with Gasteiger partial charge in [0.1, 0.15) is 0 Å². The van der Waals surface area contributed by atoms with E-state index in [-0.39, 0.29) is 5.91 Å². The van der Waals surface area contributed by atoms with E-state index in [1.165, 1.54) is 5.69 Å². The smallest absolute Gasteiger partial charge is 0.252 e. The molecule has 27 heavy (non-hydrogen) atoms. The van der Waals surface area contributed by atoms with Crippen molar-refractivity contribution in [1.29, 1.82) is 0 Å². The Kier molecular flexibility index (Phi) is 8.07. The first-order valence-electron chi connectivity index (χ1n) is 9.53. The zero-order chi connectivity index (χ0) is 19.6. The molecule has 0 atom stereocenters. The maximum Gasteiger partial charge on any atom is 0.252 e. The van der Waals surface area contributed by atoms with Gasteiger partial charge in [0.15, 0.2) is 0 Å². The molecule has 0 aliphatic carbocycles. The standard InChI is InChI=1S/C21H31N5O/c1-5-26(6-2)20-10-8-18(9-11-20)24-19-14-17(15-22-16-19)21(27)23-12-7-13-25(3)4/h8-11,14-16,24H,5-7,12-13H2,1-4H3,(H,23,27). The summed E-state index contributed by atoms with van der Waals surface area (Å²) in [7, 11) is 4.05. The SMILES string of the molecule is CCN(CC)c1ccc(Nc2cncc(C(=O)NCCCN(C)C)c2)cc1. The van der Waals surface area contributed by atoms with Crippen molar-refractivity contribution in [1.82, 2.24) is 15.2 Å². The van der Waals surface area contributed by atoms with Gasteiger partial charge in [-0.05, 0) is 71.2 Å². The van der Waals surface area contributed by atoms with Crippen molar-refractivity contribution in [3.05, 3.63) is 48.3 Å². The minimum absolute atomic E-state index is 0.0956. The van der Waals surface area contributed by atoms with Gasteiger partial charge in [0, 0.05) is 37.2 Å². The van der Waals surface area contributed by atoms with Crippen LogP contribution in [0.5, 0.6) is 0 Å². The topological polar surface area (TPSA) is 60.5 Å². The number of carbonyl (C=O) groups excluding carboxylic acids is 1. The fraction of sp³-hybridized carbons (Fsp3) is 0.429. The Morgan fingerprint density at radius 2 is 1.74 bits per heavy atom. The van der Waals surface area contributed by atoms with Crippen molar-refractivity contribution in [2.24, 2.45) is 0 Å².